The fourth-order valence-electron chi connectivity index (χ4n) is 4.30. The third-order valence-electron chi connectivity index (χ3n) is 5.78. The first-order valence-corrected chi connectivity index (χ1v) is 9.73. The van der Waals surface area contributed by atoms with Crippen LogP contribution in [0.25, 0.3) is 0 Å². The van der Waals surface area contributed by atoms with Gasteiger partial charge >= 0.3 is 6.09 Å². The third-order valence-corrected chi connectivity index (χ3v) is 5.78. The van der Waals surface area contributed by atoms with Crippen molar-refractivity contribution < 1.29 is 14.3 Å². The molecule has 1 aromatic carbocycles. The van der Waals surface area contributed by atoms with E-state index < -0.39 is 0 Å². The highest BCUT2D eigenvalue weighted by atomic mass is 16.6. The Labute approximate surface area is 156 Å². The topological polar surface area (TPSA) is 49.9 Å². The molecule has 2 aliphatic rings. The molecule has 142 valence electrons. The summed E-state index contributed by atoms with van der Waals surface area (Å²) in [7, 11) is 0. The smallest absolute Gasteiger partial charge is 0.410 e. The summed E-state index contributed by atoms with van der Waals surface area (Å²) in [4.78, 5) is 28.9. The van der Waals surface area contributed by atoms with E-state index in [-0.39, 0.29) is 29.4 Å². The van der Waals surface area contributed by atoms with Gasteiger partial charge in [0.15, 0.2) is 0 Å². The number of hydrogen-bond acceptors (Lipinski definition) is 3. The maximum absolute atomic E-state index is 12.9. The van der Waals surface area contributed by atoms with E-state index in [9.17, 15) is 9.59 Å². The van der Waals surface area contributed by atoms with Crippen LogP contribution in [0.15, 0.2) is 30.3 Å². The van der Waals surface area contributed by atoms with Gasteiger partial charge in [0.25, 0.3) is 0 Å². The summed E-state index contributed by atoms with van der Waals surface area (Å²) in [5.74, 6) is 0.171. The summed E-state index contributed by atoms with van der Waals surface area (Å²) in [5, 5.41) is 0. The number of hydrogen-bond donors (Lipinski definition) is 0. The Balaban J connectivity index is 1.74. The molecule has 2 aliphatic heterocycles. The fraction of sp³-hybridized carbons (Fsp3) is 0.619. The number of amides is 2. The molecular weight excluding hydrogens is 328 g/mol. The molecule has 2 heterocycles. The molecule has 0 bridgehead atoms. The molecule has 5 heteroatoms. The molecule has 2 saturated heterocycles. The van der Waals surface area contributed by atoms with Crippen molar-refractivity contribution in [3.63, 3.8) is 0 Å². The largest absolute Gasteiger partial charge is 0.447 e. The zero-order valence-corrected chi connectivity index (χ0v) is 16.1. The predicted octanol–water partition coefficient (Wildman–Crippen LogP) is 3.65. The van der Waals surface area contributed by atoms with Gasteiger partial charge < -0.3 is 14.5 Å². The Morgan fingerprint density at radius 2 is 1.88 bits per heavy atom. The Kier molecular flexibility index (Phi) is 5.54. The summed E-state index contributed by atoms with van der Waals surface area (Å²) in [6.45, 7) is 8.76. The minimum atomic E-state index is -0.214. The molecule has 0 aliphatic carbocycles. The van der Waals surface area contributed by atoms with Gasteiger partial charge in [-0.1, -0.05) is 30.3 Å². The standard InChI is InChI=1S/C21H30N2O3/c1-4-22-15-21(10-12-23(13-11-21)20(25)26-16(2)3)14-18(19(22)24)17-8-6-5-7-9-17/h5-9,16,18H,4,10-15H2,1-3H3. The van der Waals surface area contributed by atoms with E-state index in [0.29, 0.717) is 13.1 Å². The molecule has 0 saturated carbocycles. The number of rotatable bonds is 3. The highest BCUT2D eigenvalue weighted by Crippen LogP contribution is 2.45. The van der Waals surface area contributed by atoms with E-state index in [4.69, 9.17) is 4.74 Å². The van der Waals surface area contributed by atoms with Gasteiger partial charge in [0.05, 0.1) is 12.0 Å². The van der Waals surface area contributed by atoms with Crippen LogP contribution in [0.5, 0.6) is 0 Å². The quantitative estimate of drug-likeness (QED) is 0.829. The number of likely N-dealkylation sites (tertiary alicyclic amines) is 2. The molecule has 5 nitrogen and oxygen atoms in total. The second-order valence-corrected chi connectivity index (χ2v) is 7.94. The normalized spacial score (nSPS) is 22.8. The van der Waals surface area contributed by atoms with Crippen molar-refractivity contribution in [1.29, 1.82) is 0 Å². The predicted molar refractivity (Wildman–Crippen MR) is 101 cm³/mol. The summed E-state index contributed by atoms with van der Waals surface area (Å²) < 4.78 is 5.34. The molecule has 0 aromatic heterocycles. The van der Waals surface area contributed by atoms with Crippen LogP contribution in [0.3, 0.4) is 0 Å². The molecule has 1 unspecified atom stereocenters. The number of piperidine rings is 2. The van der Waals surface area contributed by atoms with Crippen LogP contribution >= 0.6 is 0 Å². The number of likely N-dealkylation sites (N-methyl/N-ethyl adjacent to an activating group) is 1. The lowest BCUT2D eigenvalue weighted by atomic mass is 9.67. The molecular formula is C21H30N2O3. The third kappa shape index (κ3) is 3.87. The second-order valence-electron chi connectivity index (χ2n) is 7.94. The highest BCUT2D eigenvalue weighted by molar-refractivity contribution is 5.84. The van der Waals surface area contributed by atoms with Gasteiger partial charge in [-0.2, -0.15) is 0 Å². The van der Waals surface area contributed by atoms with Crippen LogP contribution in [0.4, 0.5) is 4.79 Å². The summed E-state index contributed by atoms with van der Waals surface area (Å²) in [6, 6.07) is 10.1. The van der Waals surface area contributed by atoms with Crippen molar-refractivity contribution in [3.8, 4) is 0 Å². The van der Waals surface area contributed by atoms with Crippen molar-refractivity contribution in [2.45, 2.75) is 52.1 Å². The van der Waals surface area contributed by atoms with Crippen molar-refractivity contribution >= 4 is 12.0 Å². The summed E-state index contributed by atoms with van der Waals surface area (Å²) in [5.41, 5.74) is 1.20. The molecule has 1 atom stereocenters. The fourth-order valence-corrected chi connectivity index (χ4v) is 4.30. The maximum atomic E-state index is 12.9. The van der Waals surface area contributed by atoms with E-state index in [0.717, 1.165) is 37.9 Å². The molecule has 0 radical (unpaired) electrons. The summed E-state index contributed by atoms with van der Waals surface area (Å²) in [6.07, 6.45) is 2.41. The van der Waals surface area contributed by atoms with Crippen molar-refractivity contribution in [2.24, 2.45) is 5.41 Å². The lowest BCUT2D eigenvalue weighted by Gasteiger charge is -2.49. The van der Waals surface area contributed by atoms with E-state index in [2.05, 4.69) is 12.1 Å². The van der Waals surface area contributed by atoms with E-state index >= 15 is 0 Å². The maximum Gasteiger partial charge on any atom is 0.410 e. The molecule has 1 aromatic rings. The van der Waals surface area contributed by atoms with Crippen LogP contribution in [0.1, 0.15) is 51.5 Å². The van der Waals surface area contributed by atoms with Crippen molar-refractivity contribution in [2.75, 3.05) is 26.2 Å². The number of ether oxygens (including phenoxy) is 1. The van der Waals surface area contributed by atoms with Crippen LogP contribution in [-0.2, 0) is 9.53 Å². The van der Waals surface area contributed by atoms with Gasteiger partial charge in [-0.15, -0.1) is 0 Å². The van der Waals surface area contributed by atoms with Crippen LogP contribution in [-0.4, -0.2) is 54.1 Å². The molecule has 3 rings (SSSR count). The van der Waals surface area contributed by atoms with Gasteiger partial charge in [-0.3, -0.25) is 4.79 Å². The molecule has 2 fully saturated rings. The molecule has 1 spiro atoms. The van der Waals surface area contributed by atoms with E-state index in [1.54, 1.807) is 0 Å². The Bertz CT molecular complexity index is 636. The first-order valence-electron chi connectivity index (χ1n) is 9.73. The minimum Gasteiger partial charge on any atom is -0.447 e. The second kappa shape index (κ2) is 7.68. The monoisotopic (exact) mass is 358 g/mol. The van der Waals surface area contributed by atoms with Gasteiger partial charge in [0.2, 0.25) is 5.91 Å². The molecule has 2 amide bonds. The number of carbonyl (C=O) groups excluding carboxylic acids is 2. The lowest BCUT2D eigenvalue weighted by molar-refractivity contribution is -0.141. The van der Waals surface area contributed by atoms with Crippen LogP contribution in [0.2, 0.25) is 0 Å². The minimum absolute atomic E-state index is 0.0703. The van der Waals surface area contributed by atoms with Gasteiger partial charge in [-0.05, 0) is 51.0 Å². The van der Waals surface area contributed by atoms with Crippen molar-refractivity contribution in [3.05, 3.63) is 35.9 Å². The zero-order chi connectivity index (χ0) is 18.7. The van der Waals surface area contributed by atoms with Gasteiger partial charge in [-0.25, -0.2) is 4.79 Å². The zero-order valence-electron chi connectivity index (χ0n) is 16.1. The van der Waals surface area contributed by atoms with Crippen molar-refractivity contribution in [1.82, 2.24) is 9.80 Å². The Morgan fingerprint density at radius 1 is 1.23 bits per heavy atom. The number of carbonyl (C=O) groups is 2. The highest BCUT2D eigenvalue weighted by Gasteiger charge is 2.46. The van der Waals surface area contributed by atoms with Crippen LogP contribution < -0.4 is 0 Å². The number of nitrogens with zero attached hydrogens (tertiary/aromatic N) is 2. The van der Waals surface area contributed by atoms with E-state index in [1.165, 1.54) is 0 Å². The lowest BCUT2D eigenvalue weighted by Crippen LogP contribution is -2.54. The Hall–Kier alpha value is -2.04. The molecule has 26 heavy (non-hydrogen) atoms. The van der Waals surface area contributed by atoms with Crippen LogP contribution in [0, 0.1) is 5.41 Å². The average Bonchev–Trinajstić information content (AvgIpc) is 2.64. The SMILES string of the molecule is CCN1CC2(CCN(C(=O)OC(C)C)CC2)CC(c2ccccc2)C1=O. The molecule has 0 N–H and O–H groups in total. The first kappa shape index (κ1) is 18.7. The average molecular weight is 358 g/mol. The first-order chi connectivity index (χ1) is 12.4. The summed E-state index contributed by atoms with van der Waals surface area (Å²) >= 11 is 0. The van der Waals surface area contributed by atoms with Gasteiger partial charge in [0, 0.05) is 26.2 Å². The Morgan fingerprint density at radius 3 is 2.46 bits per heavy atom. The number of benzene rings is 1. The van der Waals surface area contributed by atoms with E-state index in [1.807, 2.05) is 48.8 Å². The van der Waals surface area contributed by atoms with Gasteiger partial charge in [0.1, 0.15) is 0 Å².